The molecule has 0 radical (unpaired) electrons. The van der Waals surface area contributed by atoms with E-state index in [4.69, 9.17) is 0 Å². The topological polar surface area (TPSA) is 66.4 Å². The first-order valence-electron chi connectivity index (χ1n) is 6.96. The number of thioether (sulfide) groups is 1. The van der Waals surface area contributed by atoms with E-state index < -0.39 is 17.8 Å². The average Bonchev–Trinajstić information content (AvgIpc) is 3.07. The molecule has 1 amide bonds. The summed E-state index contributed by atoms with van der Waals surface area (Å²) in [7, 11) is 0. The maximum atomic E-state index is 12.5. The highest BCUT2D eigenvalue weighted by Crippen LogP contribution is 2.48. The predicted octanol–water partition coefficient (Wildman–Crippen LogP) is 2.87. The highest BCUT2D eigenvalue weighted by molar-refractivity contribution is 7.98. The molecule has 1 fully saturated rings. The van der Waals surface area contributed by atoms with Crippen molar-refractivity contribution in [2.24, 2.45) is 23.7 Å². The first kappa shape index (κ1) is 14.2. The van der Waals surface area contributed by atoms with Gasteiger partial charge in [0.25, 0.3) is 0 Å². The lowest BCUT2D eigenvalue weighted by atomic mass is 9.82. The second-order valence-electron chi connectivity index (χ2n) is 5.56. The van der Waals surface area contributed by atoms with Crippen LogP contribution in [-0.2, 0) is 9.59 Å². The summed E-state index contributed by atoms with van der Waals surface area (Å²) in [6.07, 6.45) is 6.69. The quantitative estimate of drug-likeness (QED) is 0.663. The summed E-state index contributed by atoms with van der Waals surface area (Å²) in [6, 6.07) is 7.59. The lowest BCUT2D eigenvalue weighted by molar-refractivity contribution is -0.146. The van der Waals surface area contributed by atoms with Crippen LogP contribution in [0.25, 0.3) is 0 Å². The Morgan fingerprint density at radius 1 is 1.24 bits per heavy atom. The number of carboxylic acids is 1. The number of aliphatic carboxylic acids is 1. The average molecular weight is 303 g/mol. The van der Waals surface area contributed by atoms with Gasteiger partial charge in [0.1, 0.15) is 0 Å². The van der Waals surface area contributed by atoms with E-state index in [9.17, 15) is 14.7 Å². The molecule has 4 nitrogen and oxygen atoms in total. The van der Waals surface area contributed by atoms with Gasteiger partial charge in [-0.3, -0.25) is 9.59 Å². The number of anilines is 1. The largest absolute Gasteiger partial charge is 0.481 e. The summed E-state index contributed by atoms with van der Waals surface area (Å²) in [6.45, 7) is 0. The molecule has 0 heterocycles. The van der Waals surface area contributed by atoms with E-state index in [0.717, 1.165) is 17.0 Å². The molecule has 2 N–H and O–H groups in total. The molecule has 2 aliphatic rings. The van der Waals surface area contributed by atoms with E-state index in [-0.39, 0.29) is 17.7 Å². The third kappa shape index (κ3) is 2.58. The third-order valence-electron chi connectivity index (χ3n) is 4.38. The van der Waals surface area contributed by atoms with Crippen LogP contribution in [-0.4, -0.2) is 23.2 Å². The molecule has 4 atom stereocenters. The van der Waals surface area contributed by atoms with E-state index in [1.54, 1.807) is 11.8 Å². The molecule has 0 aromatic heterocycles. The molecule has 1 saturated carbocycles. The molecule has 0 unspecified atom stereocenters. The van der Waals surface area contributed by atoms with E-state index >= 15 is 0 Å². The van der Waals surface area contributed by atoms with Crippen molar-refractivity contribution < 1.29 is 14.7 Å². The molecule has 2 bridgehead atoms. The lowest BCUT2D eigenvalue weighted by Gasteiger charge is -2.23. The van der Waals surface area contributed by atoms with Crippen LogP contribution in [0.1, 0.15) is 6.42 Å². The Morgan fingerprint density at radius 3 is 2.62 bits per heavy atom. The molecule has 3 rings (SSSR count). The van der Waals surface area contributed by atoms with E-state index in [0.29, 0.717) is 0 Å². The highest BCUT2D eigenvalue weighted by Gasteiger charge is 2.51. The SMILES string of the molecule is CSc1cccc(NC(=O)[C@H]2[C@@H](C(=O)O)[C@@H]3C=C[C@H]2C3)c1. The number of allylic oxidation sites excluding steroid dienone is 2. The number of amides is 1. The van der Waals surface area contributed by atoms with Crippen LogP contribution in [0.5, 0.6) is 0 Å². The molecule has 21 heavy (non-hydrogen) atoms. The monoisotopic (exact) mass is 303 g/mol. The van der Waals surface area contributed by atoms with Crippen LogP contribution < -0.4 is 5.32 Å². The smallest absolute Gasteiger partial charge is 0.307 e. The van der Waals surface area contributed by atoms with Gasteiger partial charge >= 0.3 is 5.97 Å². The van der Waals surface area contributed by atoms with Gasteiger partial charge < -0.3 is 10.4 Å². The third-order valence-corrected chi connectivity index (χ3v) is 5.11. The van der Waals surface area contributed by atoms with Crippen molar-refractivity contribution in [1.29, 1.82) is 0 Å². The first-order chi connectivity index (χ1) is 10.1. The Hall–Kier alpha value is -1.75. The zero-order chi connectivity index (χ0) is 15.0. The minimum absolute atomic E-state index is 0.000724. The van der Waals surface area contributed by atoms with Crippen molar-refractivity contribution in [3.05, 3.63) is 36.4 Å². The number of carbonyl (C=O) groups excluding carboxylic acids is 1. The van der Waals surface area contributed by atoms with Crippen molar-refractivity contribution in [2.75, 3.05) is 11.6 Å². The van der Waals surface area contributed by atoms with Gasteiger partial charge in [-0.15, -0.1) is 11.8 Å². The van der Waals surface area contributed by atoms with Crippen molar-refractivity contribution in [1.82, 2.24) is 0 Å². The molecular weight excluding hydrogens is 286 g/mol. The van der Waals surface area contributed by atoms with Crippen LogP contribution in [0.4, 0.5) is 5.69 Å². The van der Waals surface area contributed by atoms with Gasteiger partial charge in [0.15, 0.2) is 0 Å². The zero-order valence-electron chi connectivity index (χ0n) is 11.7. The molecule has 1 aromatic carbocycles. The number of rotatable bonds is 4. The fourth-order valence-electron chi connectivity index (χ4n) is 3.44. The summed E-state index contributed by atoms with van der Waals surface area (Å²) in [5, 5.41) is 12.3. The molecule has 0 spiro atoms. The number of hydrogen-bond acceptors (Lipinski definition) is 3. The fraction of sp³-hybridized carbons (Fsp3) is 0.375. The molecule has 2 aliphatic carbocycles. The number of carboxylic acid groups (broad SMARTS) is 1. The molecule has 5 heteroatoms. The normalized spacial score (nSPS) is 29.6. The summed E-state index contributed by atoms with van der Waals surface area (Å²) in [5.74, 6) is -2.05. The van der Waals surface area contributed by atoms with Gasteiger partial charge in [0.05, 0.1) is 11.8 Å². The first-order valence-corrected chi connectivity index (χ1v) is 8.18. The Labute approximate surface area is 127 Å². The standard InChI is InChI=1S/C16H17NO3S/c1-21-12-4-2-3-11(8-12)17-15(18)13-9-5-6-10(7-9)14(13)16(19)20/h2-6,8-10,13-14H,7H2,1H3,(H,17,18)(H,19,20)/t9-,10+,13+,14-/m0/s1. The number of fused-ring (bicyclic) bond motifs is 2. The van der Waals surface area contributed by atoms with E-state index in [1.165, 1.54) is 0 Å². The van der Waals surface area contributed by atoms with Gasteiger partial charge in [-0.25, -0.2) is 0 Å². The molecule has 110 valence electrons. The number of benzene rings is 1. The fourth-order valence-corrected chi connectivity index (χ4v) is 3.90. The molecule has 1 aromatic rings. The van der Waals surface area contributed by atoms with Crippen molar-refractivity contribution >= 4 is 29.3 Å². The predicted molar refractivity (Wildman–Crippen MR) is 82.2 cm³/mol. The van der Waals surface area contributed by atoms with Crippen molar-refractivity contribution in [3.8, 4) is 0 Å². The lowest BCUT2D eigenvalue weighted by Crippen LogP contribution is -2.36. The van der Waals surface area contributed by atoms with Crippen LogP contribution in [0.3, 0.4) is 0 Å². The Morgan fingerprint density at radius 2 is 1.95 bits per heavy atom. The van der Waals surface area contributed by atoms with Crippen molar-refractivity contribution in [3.63, 3.8) is 0 Å². The van der Waals surface area contributed by atoms with E-state index in [2.05, 4.69) is 5.32 Å². The summed E-state index contributed by atoms with van der Waals surface area (Å²) < 4.78 is 0. The maximum absolute atomic E-state index is 12.5. The van der Waals surface area contributed by atoms with Crippen LogP contribution in [0.2, 0.25) is 0 Å². The maximum Gasteiger partial charge on any atom is 0.307 e. The minimum atomic E-state index is -0.870. The van der Waals surface area contributed by atoms with Crippen LogP contribution in [0, 0.1) is 23.7 Å². The second kappa shape index (κ2) is 5.56. The number of hydrogen-bond donors (Lipinski definition) is 2. The Bertz CT molecular complexity index is 613. The molecular formula is C16H17NO3S. The summed E-state index contributed by atoms with van der Waals surface area (Å²) in [4.78, 5) is 25.0. The van der Waals surface area contributed by atoms with E-state index in [1.807, 2.05) is 42.7 Å². The zero-order valence-corrected chi connectivity index (χ0v) is 12.5. The highest BCUT2D eigenvalue weighted by atomic mass is 32.2. The second-order valence-corrected chi connectivity index (χ2v) is 6.44. The summed E-state index contributed by atoms with van der Waals surface area (Å²) >= 11 is 1.60. The van der Waals surface area contributed by atoms with Gasteiger partial charge in [-0.2, -0.15) is 0 Å². The molecule has 0 aliphatic heterocycles. The van der Waals surface area contributed by atoms with Crippen LogP contribution in [0.15, 0.2) is 41.3 Å². The van der Waals surface area contributed by atoms with Gasteiger partial charge in [0, 0.05) is 10.6 Å². The Kier molecular flexibility index (Phi) is 3.76. The molecule has 0 saturated heterocycles. The van der Waals surface area contributed by atoms with Crippen molar-refractivity contribution in [2.45, 2.75) is 11.3 Å². The summed E-state index contributed by atoms with van der Waals surface area (Å²) in [5.41, 5.74) is 0.725. The number of nitrogens with one attached hydrogen (secondary N) is 1. The Balaban J connectivity index is 1.78. The minimum Gasteiger partial charge on any atom is -0.481 e. The van der Waals surface area contributed by atoms with Gasteiger partial charge in [-0.1, -0.05) is 18.2 Å². The van der Waals surface area contributed by atoms with Gasteiger partial charge in [0.2, 0.25) is 5.91 Å². The van der Waals surface area contributed by atoms with Crippen LogP contribution >= 0.6 is 11.8 Å². The van der Waals surface area contributed by atoms with Gasteiger partial charge in [-0.05, 0) is 42.7 Å². The number of carbonyl (C=O) groups is 2.